The highest BCUT2D eigenvalue weighted by atomic mass is 32.1. The van der Waals surface area contributed by atoms with Crippen LogP contribution in [0.2, 0.25) is 0 Å². The fourth-order valence-electron chi connectivity index (χ4n) is 2.72. The van der Waals surface area contributed by atoms with Crippen LogP contribution in [0.5, 0.6) is 0 Å². The number of Topliss-reactive ketones (excluding diaryl/α,β-unsaturated/α-hetero) is 2. The van der Waals surface area contributed by atoms with E-state index in [0.29, 0.717) is 42.4 Å². The Hall–Kier alpha value is -1.82. The van der Waals surface area contributed by atoms with Gasteiger partial charge in [-0.25, -0.2) is 9.79 Å². The molecule has 0 aliphatic heterocycles. The van der Waals surface area contributed by atoms with E-state index < -0.39 is 11.9 Å². The number of ether oxygens (including phenoxy) is 1. The summed E-state index contributed by atoms with van der Waals surface area (Å²) in [6.45, 7) is 6.21. The zero-order chi connectivity index (χ0) is 17.7. The molecule has 0 bridgehead atoms. The van der Waals surface area contributed by atoms with Crippen LogP contribution in [0.15, 0.2) is 10.4 Å². The molecule has 1 fully saturated rings. The maximum atomic E-state index is 12.3. The highest BCUT2D eigenvalue weighted by molar-refractivity contribution is 7.14. The van der Waals surface area contributed by atoms with Crippen LogP contribution in [0.1, 0.15) is 56.0 Å². The summed E-state index contributed by atoms with van der Waals surface area (Å²) < 4.78 is 5.14. The molecule has 0 radical (unpaired) electrons. The first-order chi connectivity index (χ1) is 11.4. The first kappa shape index (κ1) is 18.5. The average molecular weight is 349 g/mol. The number of aliphatic imine (C=N–C) groups is 1. The lowest BCUT2D eigenvalue weighted by molar-refractivity contribution is -0.132. The predicted octanol–water partition coefficient (Wildman–Crippen LogP) is 3.76. The van der Waals surface area contributed by atoms with Crippen molar-refractivity contribution < 1.29 is 19.1 Å². The van der Waals surface area contributed by atoms with Crippen molar-refractivity contribution in [3.63, 3.8) is 0 Å². The quantitative estimate of drug-likeness (QED) is 0.445. The zero-order valence-corrected chi connectivity index (χ0v) is 15.1. The second-order valence-electron chi connectivity index (χ2n) is 6.30. The standard InChI is InChI=1S/C18H23NO4S/c1-4-23-18(22)16-12(8-11(2)3)10-24-17(16)19-9-13-14(20)6-5-7-15(13)21/h9-11,13H,4-8H2,1-3H3/b19-9+. The van der Waals surface area contributed by atoms with Gasteiger partial charge in [-0.1, -0.05) is 13.8 Å². The SMILES string of the molecule is CCOC(=O)c1c(CC(C)C)csc1/N=C/C1C(=O)CCCC1=O. The van der Waals surface area contributed by atoms with Gasteiger partial charge in [-0.2, -0.15) is 0 Å². The van der Waals surface area contributed by atoms with Crippen molar-refractivity contribution in [3.8, 4) is 0 Å². The molecule has 1 aromatic rings. The average Bonchev–Trinajstić information content (AvgIpc) is 2.89. The fourth-order valence-corrected chi connectivity index (χ4v) is 3.65. The van der Waals surface area contributed by atoms with Gasteiger partial charge in [-0.05, 0) is 36.6 Å². The van der Waals surface area contributed by atoms with E-state index in [9.17, 15) is 14.4 Å². The maximum absolute atomic E-state index is 12.3. The zero-order valence-electron chi connectivity index (χ0n) is 14.3. The highest BCUT2D eigenvalue weighted by Crippen LogP contribution is 2.33. The molecule has 2 rings (SSSR count). The lowest BCUT2D eigenvalue weighted by Crippen LogP contribution is -2.29. The maximum Gasteiger partial charge on any atom is 0.341 e. The van der Waals surface area contributed by atoms with Crippen LogP contribution in [0.25, 0.3) is 0 Å². The van der Waals surface area contributed by atoms with Crippen molar-refractivity contribution in [3.05, 3.63) is 16.5 Å². The van der Waals surface area contributed by atoms with Gasteiger partial charge in [0.2, 0.25) is 0 Å². The lowest BCUT2D eigenvalue weighted by Gasteiger charge is -2.14. The molecular formula is C18H23NO4S. The molecular weight excluding hydrogens is 326 g/mol. The normalized spacial score (nSPS) is 16.3. The lowest BCUT2D eigenvalue weighted by atomic mass is 9.88. The summed E-state index contributed by atoms with van der Waals surface area (Å²) in [5, 5.41) is 2.42. The Balaban J connectivity index is 2.30. The van der Waals surface area contributed by atoms with Gasteiger partial charge in [-0.15, -0.1) is 11.3 Å². The van der Waals surface area contributed by atoms with Gasteiger partial charge in [0.25, 0.3) is 0 Å². The molecule has 1 aliphatic rings. The number of thiophene rings is 1. The molecule has 0 atom stereocenters. The monoisotopic (exact) mass is 349 g/mol. The number of ketones is 2. The Kier molecular flexibility index (Phi) is 6.43. The summed E-state index contributed by atoms with van der Waals surface area (Å²) >= 11 is 1.34. The van der Waals surface area contributed by atoms with E-state index in [-0.39, 0.29) is 11.6 Å². The Morgan fingerprint density at radius 1 is 1.38 bits per heavy atom. The Bertz CT molecular complexity index is 644. The molecule has 5 nitrogen and oxygen atoms in total. The van der Waals surface area contributed by atoms with Crippen LogP contribution in [-0.2, 0) is 20.7 Å². The minimum Gasteiger partial charge on any atom is -0.462 e. The third-order valence-electron chi connectivity index (χ3n) is 3.84. The van der Waals surface area contributed by atoms with E-state index in [1.165, 1.54) is 17.6 Å². The van der Waals surface area contributed by atoms with E-state index in [2.05, 4.69) is 18.8 Å². The number of rotatable bonds is 6. The Morgan fingerprint density at radius 3 is 2.62 bits per heavy atom. The molecule has 0 N–H and O–H groups in total. The van der Waals surface area contributed by atoms with E-state index in [4.69, 9.17) is 4.74 Å². The first-order valence-electron chi connectivity index (χ1n) is 8.31. The van der Waals surface area contributed by atoms with E-state index in [0.717, 1.165) is 12.0 Å². The summed E-state index contributed by atoms with van der Waals surface area (Å²) in [7, 11) is 0. The summed E-state index contributed by atoms with van der Waals surface area (Å²) in [5.41, 5.74) is 1.37. The fraction of sp³-hybridized carbons (Fsp3) is 0.556. The molecule has 1 aromatic heterocycles. The van der Waals surface area contributed by atoms with Crippen LogP contribution in [0.4, 0.5) is 5.00 Å². The Morgan fingerprint density at radius 2 is 2.04 bits per heavy atom. The molecule has 1 saturated carbocycles. The molecule has 6 heteroatoms. The molecule has 0 unspecified atom stereocenters. The van der Waals surface area contributed by atoms with Crippen LogP contribution in [0, 0.1) is 11.8 Å². The third kappa shape index (κ3) is 4.38. The molecule has 1 aliphatic carbocycles. The molecule has 0 saturated heterocycles. The van der Waals surface area contributed by atoms with Crippen LogP contribution < -0.4 is 0 Å². The number of hydrogen-bond donors (Lipinski definition) is 0. The van der Waals surface area contributed by atoms with Crippen molar-refractivity contribution in [2.45, 2.75) is 46.5 Å². The van der Waals surface area contributed by atoms with E-state index in [1.807, 2.05) is 5.38 Å². The topological polar surface area (TPSA) is 72.8 Å². The molecule has 130 valence electrons. The highest BCUT2D eigenvalue weighted by Gasteiger charge is 2.29. The van der Waals surface area contributed by atoms with Gasteiger partial charge in [-0.3, -0.25) is 9.59 Å². The second-order valence-corrected chi connectivity index (χ2v) is 7.16. The van der Waals surface area contributed by atoms with Crippen molar-refractivity contribution in [1.29, 1.82) is 0 Å². The van der Waals surface area contributed by atoms with Gasteiger partial charge in [0.1, 0.15) is 22.5 Å². The van der Waals surface area contributed by atoms with Crippen LogP contribution >= 0.6 is 11.3 Å². The van der Waals surface area contributed by atoms with Gasteiger partial charge in [0.15, 0.2) is 0 Å². The van der Waals surface area contributed by atoms with Gasteiger partial charge >= 0.3 is 5.97 Å². The molecule has 0 aromatic carbocycles. The van der Waals surface area contributed by atoms with Crippen LogP contribution in [-0.4, -0.2) is 30.4 Å². The minimum absolute atomic E-state index is 0.0911. The first-order valence-corrected chi connectivity index (χ1v) is 9.19. The smallest absolute Gasteiger partial charge is 0.341 e. The predicted molar refractivity (Wildman–Crippen MR) is 94.3 cm³/mol. The van der Waals surface area contributed by atoms with Gasteiger partial charge in [0, 0.05) is 19.1 Å². The summed E-state index contributed by atoms with van der Waals surface area (Å²) in [4.78, 5) is 40.4. The number of hydrogen-bond acceptors (Lipinski definition) is 6. The van der Waals surface area contributed by atoms with Crippen molar-refractivity contribution >= 4 is 40.1 Å². The van der Waals surface area contributed by atoms with Crippen LogP contribution in [0.3, 0.4) is 0 Å². The number of esters is 1. The van der Waals surface area contributed by atoms with Crippen molar-refractivity contribution in [2.75, 3.05) is 6.61 Å². The molecule has 0 amide bonds. The third-order valence-corrected chi connectivity index (χ3v) is 4.77. The summed E-state index contributed by atoms with van der Waals surface area (Å²) in [6.07, 6.45) is 3.60. The largest absolute Gasteiger partial charge is 0.462 e. The summed E-state index contributed by atoms with van der Waals surface area (Å²) in [5.74, 6) is -0.961. The van der Waals surface area contributed by atoms with Gasteiger partial charge < -0.3 is 4.74 Å². The molecule has 0 spiro atoms. The Labute approximate surface area is 146 Å². The number of nitrogens with zero attached hydrogens (tertiary/aromatic N) is 1. The van der Waals surface area contributed by atoms with Crippen molar-refractivity contribution in [2.24, 2.45) is 16.8 Å². The molecule has 1 heterocycles. The summed E-state index contributed by atoms with van der Waals surface area (Å²) in [6, 6.07) is 0. The van der Waals surface area contributed by atoms with Crippen molar-refractivity contribution in [1.82, 2.24) is 0 Å². The van der Waals surface area contributed by atoms with Gasteiger partial charge in [0.05, 0.1) is 12.2 Å². The minimum atomic E-state index is -0.774. The molecule has 24 heavy (non-hydrogen) atoms. The number of carbonyl (C=O) groups excluding carboxylic acids is 3. The van der Waals surface area contributed by atoms with E-state index in [1.54, 1.807) is 6.92 Å². The number of carbonyl (C=O) groups is 3. The van der Waals surface area contributed by atoms with E-state index >= 15 is 0 Å². The second kappa shape index (κ2) is 8.33.